The minimum atomic E-state index is -4.49. The molecule has 0 saturated carbocycles. The molecule has 3 heterocycles. The number of carbonyl (C=O) groups excluding carboxylic acids is 1. The van der Waals surface area contributed by atoms with Crippen LogP contribution in [0.4, 0.5) is 19.0 Å². The largest absolute Gasteiger partial charge is 0.406 e. The van der Waals surface area contributed by atoms with Crippen molar-refractivity contribution in [1.82, 2.24) is 24.8 Å². The van der Waals surface area contributed by atoms with Crippen LogP contribution < -0.4 is 5.32 Å². The number of hydrogen-bond acceptors (Lipinski definition) is 5. The fraction of sp³-hybridized carbons (Fsp3) is 0.429. The molecular formula is C21H25F3N6O. The topological polar surface area (TPSA) is 86.8 Å². The Morgan fingerprint density at radius 2 is 1.97 bits per heavy atom. The zero-order chi connectivity index (χ0) is 22.8. The summed E-state index contributed by atoms with van der Waals surface area (Å²) >= 11 is 0. The molecule has 0 radical (unpaired) electrons. The third kappa shape index (κ3) is 4.95. The third-order valence-corrected chi connectivity index (χ3v) is 5.16. The number of anilines is 1. The number of alkyl halides is 3. The maximum absolute atomic E-state index is 13.1. The highest BCUT2D eigenvalue weighted by atomic mass is 19.4. The Kier molecular flexibility index (Phi) is 6.19. The normalized spacial score (nSPS) is 13.9. The zero-order valence-corrected chi connectivity index (χ0v) is 17.8. The van der Waals surface area contributed by atoms with Gasteiger partial charge >= 0.3 is 6.18 Å². The van der Waals surface area contributed by atoms with Crippen LogP contribution in [0.1, 0.15) is 34.1 Å². The monoisotopic (exact) mass is 434 g/mol. The molecule has 0 unspecified atom stereocenters. The van der Waals surface area contributed by atoms with Crippen molar-refractivity contribution in [2.75, 3.05) is 11.9 Å². The third-order valence-electron chi connectivity index (χ3n) is 5.16. The summed E-state index contributed by atoms with van der Waals surface area (Å²) in [6, 6.07) is 4.66. The number of rotatable bonds is 7. The molecule has 7 nitrogen and oxygen atoms in total. The van der Waals surface area contributed by atoms with E-state index in [0.29, 0.717) is 17.3 Å². The first-order chi connectivity index (χ1) is 14.5. The minimum absolute atomic E-state index is 0.267. The van der Waals surface area contributed by atoms with E-state index in [2.05, 4.69) is 25.3 Å². The van der Waals surface area contributed by atoms with Crippen LogP contribution in [0.25, 0.3) is 22.4 Å². The van der Waals surface area contributed by atoms with Crippen LogP contribution in [-0.2, 0) is 4.79 Å². The van der Waals surface area contributed by atoms with E-state index in [4.69, 9.17) is 0 Å². The van der Waals surface area contributed by atoms with Crippen LogP contribution in [0.2, 0.25) is 0 Å². The van der Waals surface area contributed by atoms with Gasteiger partial charge in [-0.15, -0.1) is 0 Å². The predicted octanol–water partition coefficient (Wildman–Crippen LogP) is 4.40. The summed E-state index contributed by atoms with van der Waals surface area (Å²) < 4.78 is 39.1. The number of hydrogen-bond donors (Lipinski definition) is 2. The molecule has 0 aromatic carbocycles. The molecule has 166 valence electrons. The van der Waals surface area contributed by atoms with Gasteiger partial charge in [0.05, 0.1) is 0 Å². The molecule has 3 rings (SSSR count). The number of amides is 1. The number of carbonyl (C=O) groups is 1. The zero-order valence-electron chi connectivity index (χ0n) is 17.8. The van der Waals surface area contributed by atoms with Crippen molar-refractivity contribution in [3.63, 3.8) is 0 Å². The van der Waals surface area contributed by atoms with Gasteiger partial charge in [0.25, 0.3) is 0 Å². The number of halogens is 3. The lowest BCUT2D eigenvalue weighted by Gasteiger charge is -2.37. The second kappa shape index (κ2) is 8.52. The van der Waals surface area contributed by atoms with E-state index >= 15 is 0 Å². The van der Waals surface area contributed by atoms with Gasteiger partial charge in [-0.2, -0.15) is 13.2 Å². The van der Waals surface area contributed by atoms with Gasteiger partial charge in [-0.1, -0.05) is 6.92 Å². The van der Waals surface area contributed by atoms with Gasteiger partial charge in [0, 0.05) is 35.6 Å². The summed E-state index contributed by atoms with van der Waals surface area (Å²) in [5, 5.41) is 3.88. The highest BCUT2D eigenvalue weighted by Gasteiger charge is 2.41. The van der Waals surface area contributed by atoms with Gasteiger partial charge in [0.2, 0.25) is 5.91 Å². The van der Waals surface area contributed by atoms with Crippen molar-refractivity contribution in [1.29, 1.82) is 0 Å². The van der Waals surface area contributed by atoms with E-state index < -0.39 is 30.2 Å². The van der Waals surface area contributed by atoms with Crippen molar-refractivity contribution in [3.05, 3.63) is 36.8 Å². The molecule has 0 fully saturated rings. The van der Waals surface area contributed by atoms with Crippen LogP contribution in [0.3, 0.4) is 0 Å². The van der Waals surface area contributed by atoms with Crippen LogP contribution in [0.15, 0.2) is 36.8 Å². The number of H-pyrrole nitrogens is 1. The molecule has 0 spiro atoms. The molecule has 1 amide bonds. The number of aromatic nitrogens is 4. The first-order valence-corrected chi connectivity index (χ1v) is 9.95. The van der Waals surface area contributed by atoms with Crippen LogP contribution in [-0.4, -0.2) is 55.0 Å². The second-order valence-electron chi connectivity index (χ2n) is 7.82. The number of pyridine rings is 1. The van der Waals surface area contributed by atoms with Gasteiger partial charge < -0.3 is 15.2 Å². The summed E-state index contributed by atoms with van der Waals surface area (Å²) in [5.74, 6) is 0.113. The Morgan fingerprint density at radius 3 is 2.61 bits per heavy atom. The minimum Gasteiger partial charge on any atom is -0.356 e. The predicted molar refractivity (Wildman–Crippen MR) is 112 cm³/mol. The highest BCUT2D eigenvalue weighted by molar-refractivity contribution is 5.92. The molecular weight excluding hydrogens is 409 g/mol. The molecule has 10 heteroatoms. The molecule has 3 aromatic heterocycles. The second-order valence-corrected chi connectivity index (χ2v) is 7.82. The maximum atomic E-state index is 13.1. The summed E-state index contributed by atoms with van der Waals surface area (Å²) in [5.41, 5.74) is 0.146. The average Bonchev–Trinajstić information content (AvgIpc) is 3.15. The lowest BCUT2D eigenvalue weighted by molar-refractivity contribution is -0.167. The quantitative estimate of drug-likeness (QED) is 0.576. The highest BCUT2D eigenvalue weighted by Crippen LogP contribution is 2.28. The van der Waals surface area contributed by atoms with E-state index in [1.54, 1.807) is 52.2 Å². The lowest BCUT2D eigenvalue weighted by atomic mass is 9.95. The van der Waals surface area contributed by atoms with Crippen molar-refractivity contribution >= 4 is 22.8 Å². The van der Waals surface area contributed by atoms with Gasteiger partial charge in [-0.05, 0) is 45.4 Å². The molecule has 0 aliphatic carbocycles. The smallest absolute Gasteiger partial charge is 0.356 e. The molecule has 0 saturated heterocycles. The van der Waals surface area contributed by atoms with Crippen molar-refractivity contribution in [3.8, 4) is 11.4 Å². The standard InChI is InChI=1S/C21H25F3N6O/c1-5-20(4,19(31)30(13(2)3)12-21(22,23)24)29-16-8-10-26-18(28-16)15-11-27-17-14(15)7-6-9-25-17/h6-11,13H,5,12H2,1-4H3,(H,25,27)(H,26,28,29)/t20-/m1/s1. The van der Waals surface area contributed by atoms with Gasteiger partial charge in [0.1, 0.15) is 23.5 Å². The number of fused-ring (bicyclic) bond motifs is 1. The van der Waals surface area contributed by atoms with E-state index in [0.717, 1.165) is 15.8 Å². The van der Waals surface area contributed by atoms with Crippen LogP contribution >= 0.6 is 0 Å². The summed E-state index contributed by atoms with van der Waals surface area (Å²) in [6.45, 7) is 5.14. The SMILES string of the molecule is CC[C@@](C)(Nc1ccnc(-c2c[nH]c3ncccc23)n1)C(=O)N(CC(F)(F)F)C(C)C. The van der Waals surface area contributed by atoms with E-state index in [-0.39, 0.29) is 6.42 Å². The average molecular weight is 434 g/mol. The molecule has 0 bridgehead atoms. The Labute approximate surface area is 178 Å². The summed E-state index contributed by atoms with van der Waals surface area (Å²) in [7, 11) is 0. The van der Waals surface area contributed by atoms with Crippen molar-refractivity contribution in [2.24, 2.45) is 0 Å². The Morgan fingerprint density at radius 1 is 1.23 bits per heavy atom. The number of nitrogens with zero attached hydrogens (tertiary/aromatic N) is 4. The molecule has 2 N–H and O–H groups in total. The Hall–Kier alpha value is -3.17. The fourth-order valence-electron chi connectivity index (χ4n) is 3.27. The first kappa shape index (κ1) is 22.5. The van der Waals surface area contributed by atoms with Crippen molar-refractivity contribution in [2.45, 2.75) is 51.9 Å². The molecule has 1 atom stereocenters. The number of nitrogens with one attached hydrogen (secondary N) is 2. The summed E-state index contributed by atoms with van der Waals surface area (Å²) in [4.78, 5) is 30.0. The molecule has 0 aliphatic rings. The van der Waals surface area contributed by atoms with Crippen LogP contribution in [0.5, 0.6) is 0 Å². The molecule has 0 aliphatic heterocycles. The van der Waals surface area contributed by atoms with E-state index in [1.165, 1.54) is 6.20 Å². The van der Waals surface area contributed by atoms with E-state index in [9.17, 15) is 18.0 Å². The molecule has 3 aromatic rings. The Bertz CT molecular complexity index is 1060. The summed E-state index contributed by atoms with van der Waals surface area (Å²) in [6.07, 6.45) is 0.728. The maximum Gasteiger partial charge on any atom is 0.406 e. The number of aromatic amines is 1. The van der Waals surface area contributed by atoms with E-state index in [1.807, 2.05) is 6.07 Å². The van der Waals surface area contributed by atoms with Crippen LogP contribution in [0, 0.1) is 0 Å². The fourth-order valence-corrected chi connectivity index (χ4v) is 3.27. The van der Waals surface area contributed by atoms with Crippen molar-refractivity contribution < 1.29 is 18.0 Å². The Balaban J connectivity index is 1.90. The first-order valence-electron chi connectivity index (χ1n) is 9.95. The van der Waals surface area contributed by atoms with Gasteiger partial charge in [-0.25, -0.2) is 15.0 Å². The van der Waals surface area contributed by atoms with Gasteiger partial charge in [0.15, 0.2) is 5.82 Å². The molecule has 31 heavy (non-hydrogen) atoms. The van der Waals surface area contributed by atoms with Gasteiger partial charge in [-0.3, -0.25) is 4.79 Å². The lowest BCUT2D eigenvalue weighted by Crippen LogP contribution is -2.56.